The molecule has 0 fully saturated rings. The summed E-state index contributed by atoms with van der Waals surface area (Å²) in [5, 5.41) is 3.17. The predicted octanol–water partition coefficient (Wildman–Crippen LogP) is 1.72. The Labute approximate surface area is 77.3 Å². The zero-order valence-electron chi connectivity index (χ0n) is 9.06. The monoisotopic (exact) mass is 172 g/mol. The summed E-state index contributed by atoms with van der Waals surface area (Å²) in [6.07, 6.45) is 3.99. The van der Waals surface area contributed by atoms with Gasteiger partial charge in [-0.2, -0.15) is 0 Å². The third-order valence-electron chi connectivity index (χ3n) is 2.44. The Morgan fingerprint density at radius 2 is 2.08 bits per heavy atom. The molecule has 0 unspecified atom stereocenters. The van der Waals surface area contributed by atoms with E-state index >= 15 is 0 Å². The average molecular weight is 172 g/mol. The smallest absolute Gasteiger partial charge is 0.0106 e. The topological polar surface area (TPSA) is 15.3 Å². The molecule has 0 saturated heterocycles. The van der Waals surface area contributed by atoms with Crippen molar-refractivity contribution in [1.29, 1.82) is 0 Å². The molecule has 1 atom stereocenters. The summed E-state index contributed by atoms with van der Waals surface area (Å²) < 4.78 is 0. The first-order chi connectivity index (χ1) is 5.72. The third kappa shape index (κ3) is 5.56. The Morgan fingerprint density at radius 3 is 2.58 bits per heavy atom. The van der Waals surface area contributed by atoms with Crippen molar-refractivity contribution in [2.75, 3.05) is 27.2 Å². The first-order valence-electron chi connectivity index (χ1n) is 5.07. The Morgan fingerprint density at radius 1 is 1.42 bits per heavy atom. The summed E-state index contributed by atoms with van der Waals surface area (Å²) in [5.74, 6) is 0. The second kappa shape index (κ2) is 7.56. The van der Waals surface area contributed by atoms with Gasteiger partial charge in [-0.1, -0.05) is 19.8 Å². The molecule has 0 rings (SSSR count). The summed E-state index contributed by atoms with van der Waals surface area (Å²) in [6.45, 7) is 6.81. The van der Waals surface area contributed by atoms with Crippen LogP contribution in [0.2, 0.25) is 0 Å². The predicted molar refractivity (Wildman–Crippen MR) is 55.5 cm³/mol. The number of hydrogen-bond donors (Lipinski definition) is 1. The fourth-order valence-electron chi connectivity index (χ4n) is 1.23. The molecule has 0 aliphatic heterocycles. The van der Waals surface area contributed by atoms with Crippen LogP contribution in [-0.2, 0) is 0 Å². The first kappa shape index (κ1) is 11.9. The van der Waals surface area contributed by atoms with E-state index in [4.69, 9.17) is 0 Å². The molecule has 0 radical (unpaired) electrons. The Bertz CT molecular complexity index is 81.8. The van der Waals surface area contributed by atoms with Gasteiger partial charge in [-0.25, -0.2) is 0 Å². The van der Waals surface area contributed by atoms with E-state index in [9.17, 15) is 0 Å². The van der Waals surface area contributed by atoms with Crippen LogP contribution >= 0.6 is 0 Å². The summed E-state index contributed by atoms with van der Waals surface area (Å²) in [6, 6.07) is 0.735. The van der Waals surface area contributed by atoms with E-state index in [2.05, 4.69) is 31.1 Å². The second-order valence-corrected chi connectivity index (χ2v) is 3.58. The lowest BCUT2D eigenvalue weighted by molar-refractivity contribution is 0.244. The molecule has 2 nitrogen and oxygen atoms in total. The Hall–Kier alpha value is -0.0800. The van der Waals surface area contributed by atoms with E-state index in [1.165, 1.54) is 19.3 Å². The zero-order valence-corrected chi connectivity index (χ0v) is 9.06. The molecule has 0 aromatic carbocycles. The fourth-order valence-corrected chi connectivity index (χ4v) is 1.23. The maximum absolute atomic E-state index is 3.17. The van der Waals surface area contributed by atoms with Crippen molar-refractivity contribution in [2.45, 2.75) is 39.2 Å². The minimum absolute atomic E-state index is 0.735. The quantitative estimate of drug-likeness (QED) is 0.629. The third-order valence-corrected chi connectivity index (χ3v) is 2.44. The molecule has 0 aromatic heterocycles. The first-order valence-corrected chi connectivity index (χ1v) is 5.07. The van der Waals surface area contributed by atoms with Crippen LogP contribution in [-0.4, -0.2) is 38.1 Å². The van der Waals surface area contributed by atoms with Crippen LogP contribution in [0.25, 0.3) is 0 Å². The van der Waals surface area contributed by atoms with Crippen molar-refractivity contribution >= 4 is 0 Å². The molecule has 0 spiro atoms. The Kier molecular flexibility index (Phi) is 7.51. The zero-order chi connectivity index (χ0) is 9.40. The number of nitrogens with zero attached hydrogens (tertiary/aromatic N) is 1. The summed E-state index contributed by atoms with van der Waals surface area (Å²) in [5.41, 5.74) is 0. The molecule has 0 heterocycles. The van der Waals surface area contributed by atoms with Gasteiger partial charge < -0.3 is 10.2 Å². The number of nitrogens with one attached hydrogen (secondary N) is 1. The van der Waals surface area contributed by atoms with Crippen LogP contribution < -0.4 is 5.32 Å². The molecule has 2 heteroatoms. The van der Waals surface area contributed by atoms with E-state index in [1.807, 2.05) is 7.05 Å². The normalized spacial score (nSPS) is 13.8. The number of hydrogen-bond acceptors (Lipinski definition) is 2. The van der Waals surface area contributed by atoms with Crippen LogP contribution in [0.5, 0.6) is 0 Å². The van der Waals surface area contributed by atoms with Gasteiger partial charge in [0.25, 0.3) is 0 Å². The molecular weight excluding hydrogens is 148 g/mol. The van der Waals surface area contributed by atoms with Crippen molar-refractivity contribution in [3.8, 4) is 0 Å². The second-order valence-electron chi connectivity index (χ2n) is 3.58. The lowest BCUT2D eigenvalue weighted by atomic mass is 10.1. The van der Waals surface area contributed by atoms with Gasteiger partial charge in [0, 0.05) is 19.1 Å². The van der Waals surface area contributed by atoms with E-state index in [-0.39, 0.29) is 0 Å². The highest BCUT2D eigenvalue weighted by Gasteiger charge is 2.06. The number of unbranched alkanes of at least 4 members (excludes halogenated alkanes) is 1. The lowest BCUT2D eigenvalue weighted by Gasteiger charge is -2.24. The van der Waals surface area contributed by atoms with Gasteiger partial charge in [0.15, 0.2) is 0 Å². The highest BCUT2D eigenvalue weighted by Crippen LogP contribution is 2.05. The van der Waals surface area contributed by atoms with Gasteiger partial charge in [-0.05, 0) is 27.4 Å². The van der Waals surface area contributed by atoms with Crippen LogP contribution in [0.15, 0.2) is 0 Å². The molecular formula is C10H24N2. The van der Waals surface area contributed by atoms with E-state index in [1.54, 1.807) is 0 Å². The van der Waals surface area contributed by atoms with Gasteiger partial charge >= 0.3 is 0 Å². The highest BCUT2D eigenvalue weighted by atomic mass is 15.1. The van der Waals surface area contributed by atoms with E-state index in [0.717, 1.165) is 19.1 Å². The number of likely N-dealkylation sites (N-methyl/N-ethyl adjacent to an activating group) is 2. The van der Waals surface area contributed by atoms with Gasteiger partial charge in [-0.15, -0.1) is 0 Å². The van der Waals surface area contributed by atoms with E-state index in [0.29, 0.717) is 0 Å². The Balaban J connectivity index is 3.39. The molecule has 1 N–H and O–H groups in total. The minimum Gasteiger partial charge on any atom is -0.318 e. The van der Waals surface area contributed by atoms with Gasteiger partial charge in [0.1, 0.15) is 0 Å². The molecule has 0 bridgehead atoms. The van der Waals surface area contributed by atoms with Gasteiger partial charge in [-0.3, -0.25) is 0 Å². The van der Waals surface area contributed by atoms with Crippen molar-refractivity contribution in [2.24, 2.45) is 0 Å². The van der Waals surface area contributed by atoms with Crippen LogP contribution in [0, 0.1) is 0 Å². The molecule has 0 aliphatic carbocycles. The molecule has 0 aromatic rings. The number of rotatable bonds is 7. The van der Waals surface area contributed by atoms with Crippen molar-refractivity contribution in [3.63, 3.8) is 0 Å². The molecule has 0 amide bonds. The highest BCUT2D eigenvalue weighted by molar-refractivity contribution is 4.63. The lowest BCUT2D eigenvalue weighted by Crippen LogP contribution is -2.34. The van der Waals surface area contributed by atoms with Crippen molar-refractivity contribution in [3.05, 3.63) is 0 Å². The molecule has 0 saturated carbocycles. The largest absolute Gasteiger partial charge is 0.318 e. The van der Waals surface area contributed by atoms with Crippen LogP contribution in [0.4, 0.5) is 0 Å². The van der Waals surface area contributed by atoms with Gasteiger partial charge in [0.05, 0.1) is 0 Å². The standard InChI is InChI=1S/C10H24N2/c1-5-6-7-10(2)12(4)9-8-11-3/h10-11H,5-9H2,1-4H3/t10-/m0/s1. The average Bonchev–Trinajstić information content (AvgIpc) is 2.10. The van der Waals surface area contributed by atoms with E-state index < -0.39 is 0 Å². The van der Waals surface area contributed by atoms with Gasteiger partial charge in [0.2, 0.25) is 0 Å². The van der Waals surface area contributed by atoms with Crippen molar-refractivity contribution in [1.82, 2.24) is 10.2 Å². The summed E-state index contributed by atoms with van der Waals surface area (Å²) >= 11 is 0. The molecule has 0 aliphatic rings. The maximum atomic E-state index is 3.17. The summed E-state index contributed by atoms with van der Waals surface area (Å²) in [4.78, 5) is 2.42. The summed E-state index contributed by atoms with van der Waals surface area (Å²) in [7, 11) is 4.21. The van der Waals surface area contributed by atoms with Crippen LogP contribution in [0.1, 0.15) is 33.1 Å². The molecule has 74 valence electrons. The SMILES string of the molecule is CCCC[C@H](C)N(C)CCNC. The molecule has 12 heavy (non-hydrogen) atoms. The van der Waals surface area contributed by atoms with Crippen LogP contribution in [0.3, 0.4) is 0 Å². The minimum atomic E-state index is 0.735. The van der Waals surface area contributed by atoms with Crippen molar-refractivity contribution < 1.29 is 0 Å². The maximum Gasteiger partial charge on any atom is 0.0106 e. The fraction of sp³-hybridized carbons (Fsp3) is 1.00.